The molecule has 0 saturated carbocycles. The molecule has 0 unspecified atom stereocenters. The quantitative estimate of drug-likeness (QED) is 0.650. The lowest BCUT2D eigenvalue weighted by Gasteiger charge is -2.01. The molecule has 0 fully saturated rings. The predicted octanol–water partition coefficient (Wildman–Crippen LogP) is 3.50. The lowest BCUT2D eigenvalue weighted by atomic mass is 10.3. The first-order chi connectivity index (χ1) is 10.0. The van der Waals surface area contributed by atoms with Crippen molar-refractivity contribution in [1.29, 1.82) is 0 Å². The van der Waals surface area contributed by atoms with E-state index < -0.39 is 5.97 Å². The number of rotatable bonds is 6. The summed E-state index contributed by atoms with van der Waals surface area (Å²) in [5.74, 6) is -0.741. The van der Waals surface area contributed by atoms with Crippen LogP contribution in [-0.4, -0.2) is 23.3 Å². The first kappa shape index (κ1) is 15.7. The predicted molar refractivity (Wildman–Crippen MR) is 84.5 cm³/mol. The highest BCUT2D eigenvalue weighted by Gasteiger charge is 2.22. The summed E-state index contributed by atoms with van der Waals surface area (Å²) in [6.45, 7) is 6.06. The number of ketones is 1. The van der Waals surface area contributed by atoms with Crippen molar-refractivity contribution in [3.63, 3.8) is 0 Å². The van der Waals surface area contributed by atoms with Crippen molar-refractivity contribution in [3.8, 4) is 0 Å². The summed E-state index contributed by atoms with van der Waals surface area (Å²) in [6.07, 6.45) is 0. The summed E-state index contributed by atoms with van der Waals surface area (Å²) in [7, 11) is 0. The number of thiophene rings is 1. The Morgan fingerprint density at radius 1 is 1.43 bits per heavy atom. The fourth-order valence-corrected chi connectivity index (χ4v) is 3.40. The lowest BCUT2D eigenvalue weighted by molar-refractivity contribution is 0.0517. The van der Waals surface area contributed by atoms with E-state index in [1.165, 1.54) is 28.7 Å². The number of aryl methyl sites for hydroxylation is 1. The first-order valence-corrected chi connectivity index (χ1v) is 8.18. The normalized spacial score (nSPS) is 10.4. The summed E-state index contributed by atoms with van der Waals surface area (Å²) in [5, 5.41) is 5.74. The Hall–Kier alpha value is -1.73. The second-order valence-corrected chi connectivity index (χ2v) is 6.35. The van der Waals surface area contributed by atoms with Crippen molar-refractivity contribution in [1.82, 2.24) is 4.98 Å². The van der Waals surface area contributed by atoms with Crippen LogP contribution in [0.5, 0.6) is 0 Å². The van der Waals surface area contributed by atoms with Crippen LogP contribution in [0.1, 0.15) is 44.4 Å². The Bertz CT molecular complexity index is 661. The van der Waals surface area contributed by atoms with Gasteiger partial charge in [0.2, 0.25) is 0 Å². The van der Waals surface area contributed by atoms with Crippen molar-refractivity contribution in [3.05, 3.63) is 32.5 Å². The van der Waals surface area contributed by atoms with Gasteiger partial charge in [-0.05, 0) is 30.9 Å². The van der Waals surface area contributed by atoms with Crippen LogP contribution in [0, 0.1) is 6.92 Å². The SMILES string of the molecule is CCOC(=O)c1nc(NCc2sccc2C)sc1C(C)=O. The van der Waals surface area contributed by atoms with Crippen LogP contribution in [0.25, 0.3) is 0 Å². The van der Waals surface area contributed by atoms with Gasteiger partial charge in [0.15, 0.2) is 16.6 Å². The molecule has 1 N–H and O–H groups in total. The van der Waals surface area contributed by atoms with Gasteiger partial charge in [-0.25, -0.2) is 9.78 Å². The number of carbonyl (C=O) groups is 2. The van der Waals surface area contributed by atoms with E-state index in [-0.39, 0.29) is 18.1 Å². The smallest absolute Gasteiger partial charge is 0.358 e. The molecule has 0 aliphatic rings. The van der Waals surface area contributed by atoms with Gasteiger partial charge in [-0.3, -0.25) is 4.79 Å². The largest absolute Gasteiger partial charge is 0.461 e. The molecular formula is C14H16N2O3S2. The zero-order chi connectivity index (χ0) is 15.4. The minimum absolute atomic E-state index is 0.0970. The lowest BCUT2D eigenvalue weighted by Crippen LogP contribution is -2.09. The first-order valence-electron chi connectivity index (χ1n) is 6.48. The Balaban J connectivity index is 2.17. The number of Topliss-reactive ketones (excluding diaryl/α,β-unsaturated/α-hetero) is 1. The van der Waals surface area contributed by atoms with Gasteiger partial charge < -0.3 is 10.1 Å². The molecule has 0 spiro atoms. The molecule has 0 aromatic carbocycles. The third-order valence-corrected chi connectivity index (χ3v) is 4.92. The topological polar surface area (TPSA) is 68.3 Å². The molecule has 2 rings (SSSR count). The average molecular weight is 324 g/mol. The maximum Gasteiger partial charge on any atom is 0.358 e. The van der Waals surface area contributed by atoms with E-state index >= 15 is 0 Å². The highest BCUT2D eigenvalue weighted by Crippen LogP contribution is 2.26. The fraction of sp³-hybridized carbons (Fsp3) is 0.357. The van der Waals surface area contributed by atoms with Crippen LogP contribution in [0.15, 0.2) is 11.4 Å². The Morgan fingerprint density at radius 3 is 2.76 bits per heavy atom. The fourth-order valence-electron chi connectivity index (χ4n) is 1.71. The Kier molecular flexibility index (Phi) is 5.08. The number of hydrogen-bond donors (Lipinski definition) is 1. The monoisotopic (exact) mass is 324 g/mol. The molecule has 0 amide bonds. The molecule has 2 heterocycles. The molecule has 2 aromatic rings. The van der Waals surface area contributed by atoms with E-state index in [4.69, 9.17) is 4.74 Å². The van der Waals surface area contributed by atoms with Gasteiger partial charge in [0, 0.05) is 11.8 Å². The number of aromatic nitrogens is 1. The Morgan fingerprint density at radius 2 is 2.19 bits per heavy atom. The number of carbonyl (C=O) groups excluding carboxylic acids is 2. The molecule has 21 heavy (non-hydrogen) atoms. The van der Waals surface area contributed by atoms with Gasteiger partial charge in [0.1, 0.15) is 4.88 Å². The zero-order valence-corrected chi connectivity index (χ0v) is 13.7. The second-order valence-electron chi connectivity index (χ2n) is 4.35. The molecule has 0 aliphatic carbocycles. The molecule has 7 heteroatoms. The van der Waals surface area contributed by atoms with Gasteiger partial charge in [-0.15, -0.1) is 11.3 Å². The third kappa shape index (κ3) is 3.68. The van der Waals surface area contributed by atoms with Crippen molar-refractivity contribution in [2.45, 2.75) is 27.3 Å². The summed E-state index contributed by atoms with van der Waals surface area (Å²) < 4.78 is 4.93. The molecule has 2 aromatic heterocycles. The van der Waals surface area contributed by atoms with Gasteiger partial charge in [0.25, 0.3) is 0 Å². The molecule has 0 aliphatic heterocycles. The molecule has 0 radical (unpaired) electrons. The summed E-state index contributed by atoms with van der Waals surface area (Å²) in [6, 6.07) is 2.05. The van der Waals surface area contributed by atoms with Crippen LogP contribution in [0.3, 0.4) is 0 Å². The zero-order valence-electron chi connectivity index (χ0n) is 12.1. The number of hydrogen-bond acceptors (Lipinski definition) is 7. The molecular weight excluding hydrogens is 308 g/mol. The minimum Gasteiger partial charge on any atom is -0.461 e. The molecule has 112 valence electrons. The number of nitrogens with one attached hydrogen (secondary N) is 1. The van der Waals surface area contributed by atoms with Gasteiger partial charge in [-0.1, -0.05) is 11.3 Å². The molecule has 0 bridgehead atoms. The summed E-state index contributed by atoms with van der Waals surface area (Å²) >= 11 is 2.84. The van der Waals surface area contributed by atoms with E-state index in [1.807, 2.05) is 12.3 Å². The van der Waals surface area contributed by atoms with Crippen molar-refractivity contribution in [2.24, 2.45) is 0 Å². The van der Waals surface area contributed by atoms with Crippen LogP contribution in [-0.2, 0) is 11.3 Å². The number of esters is 1. The maximum absolute atomic E-state index is 11.8. The third-order valence-electron chi connectivity index (χ3n) is 2.78. The van der Waals surface area contributed by atoms with Gasteiger partial charge in [0.05, 0.1) is 13.2 Å². The van der Waals surface area contributed by atoms with Crippen LogP contribution < -0.4 is 5.32 Å². The second kappa shape index (κ2) is 6.82. The van der Waals surface area contributed by atoms with E-state index in [0.717, 1.165) is 0 Å². The van der Waals surface area contributed by atoms with Crippen LogP contribution in [0.4, 0.5) is 5.13 Å². The molecule has 5 nitrogen and oxygen atoms in total. The number of nitrogens with zero attached hydrogens (tertiary/aromatic N) is 1. The van der Waals surface area contributed by atoms with Crippen molar-refractivity contribution < 1.29 is 14.3 Å². The van der Waals surface area contributed by atoms with Crippen LogP contribution >= 0.6 is 22.7 Å². The average Bonchev–Trinajstić information content (AvgIpc) is 3.03. The van der Waals surface area contributed by atoms with Gasteiger partial charge >= 0.3 is 5.97 Å². The highest BCUT2D eigenvalue weighted by atomic mass is 32.1. The number of thiazole rings is 1. The van der Waals surface area contributed by atoms with E-state index in [0.29, 0.717) is 16.6 Å². The number of ether oxygens (including phenoxy) is 1. The van der Waals surface area contributed by atoms with E-state index in [9.17, 15) is 9.59 Å². The van der Waals surface area contributed by atoms with E-state index in [1.54, 1.807) is 18.3 Å². The number of anilines is 1. The molecule has 0 atom stereocenters. The Labute approximate surface area is 131 Å². The molecule has 0 saturated heterocycles. The van der Waals surface area contributed by atoms with Crippen LogP contribution in [0.2, 0.25) is 0 Å². The maximum atomic E-state index is 11.8. The highest BCUT2D eigenvalue weighted by molar-refractivity contribution is 7.17. The van der Waals surface area contributed by atoms with Crippen molar-refractivity contribution >= 4 is 39.6 Å². The van der Waals surface area contributed by atoms with Crippen molar-refractivity contribution in [2.75, 3.05) is 11.9 Å². The minimum atomic E-state index is -0.556. The van der Waals surface area contributed by atoms with Gasteiger partial charge in [-0.2, -0.15) is 0 Å². The van der Waals surface area contributed by atoms with E-state index in [2.05, 4.69) is 16.4 Å². The summed E-state index contributed by atoms with van der Waals surface area (Å²) in [5.41, 5.74) is 1.31. The summed E-state index contributed by atoms with van der Waals surface area (Å²) in [4.78, 5) is 29.2. The standard InChI is InChI=1S/C14H16N2O3S2/c1-4-19-13(18)11-12(9(3)17)21-14(16-11)15-7-10-8(2)5-6-20-10/h5-6H,4,7H2,1-3H3,(H,15,16).